The molecule has 0 bridgehead atoms. The predicted molar refractivity (Wildman–Crippen MR) is 134 cm³/mol. The SMILES string of the molecule is COC(=O)COc1cccc(/C=N\NC(=O)CN(c2cccc([N+](=O)[O-])c2)S(=O)(=O)c2ccccc2)c1. The Kier molecular flexibility index (Phi) is 8.89. The number of carbonyl (C=O) groups excluding carboxylic acids is 2. The number of non-ortho nitro benzene ring substituents is 1. The summed E-state index contributed by atoms with van der Waals surface area (Å²) in [6.45, 7) is -0.977. The van der Waals surface area contributed by atoms with Gasteiger partial charge >= 0.3 is 5.97 Å². The van der Waals surface area contributed by atoms with Gasteiger partial charge in [0.1, 0.15) is 12.3 Å². The predicted octanol–water partition coefficient (Wildman–Crippen LogP) is 2.49. The van der Waals surface area contributed by atoms with Gasteiger partial charge in [-0.2, -0.15) is 5.10 Å². The molecule has 37 heavy (non-hydrogen) atoms. The molecule has 0 aliphatic heterocycles. The number of nitrogens with zero attached hydrogens (tertiary/aromatic N) is 3. The highest BCUT2D eigenvalue weighted by Gasteiger charge is 2.28. The van der Waals surface area contributed by atoms with Gasteiger partial charge in [-0.15, -0.1) is 0 Å². The van der Waals surface area contributed by atoms with Gasteiger partial charge in [-0.3, -0.25) is 19.2 Å². The fourth-order valence-corrected chi connectivity index (χ4v) is 4.46. The number of sulfonamides is 1. The van der Waals surface area contributed by atoms with Crippen molar-refractivity contribution in [2.75, 3.05) is 24.6 Å². The van der Waals surface area contributed by atoms with Crippen molar-refractivity contribution < 1.29 is 32.4 Å². The molecule has 0 fully saturated rings. The summed E-state index contributed by atoms with van der Waals surface area (Å²) >= 11 is 0. The van der Waals surface area contributed by atoms with E-state index in [2.05, 4.69) is 15.3 Å². The van der Waals surface area contributed by atoms with Crippen LogP contribution in [0, 0.1) is 10.1 Å². The van der Waals surface area contributed by atoms with Gasteiger partial charge in [0.15, 0.2) is 6.61 Å². The Morgan fingerprint density at radius 3 is 2.49 bits per heavy atom. The van der Waals surface area contributed by atoms with Crippen LogP contribution in [0.4, 0.5) is 11.4 Å². The molecule has 0 heterocycles. The first-order chi connectivity index (χ1) is 17.7. The van der Waals surface area contributed by atoms with E-state index in [9.17, 15) is 28.1 Å². The molecule has 1 N–H and O–H groups in total. The van der Waals surface area contributed by atoms with Crippen LogP contribution in [0.1, 0.15) is 5.56 Å². The fourth-order valence-electron chi connectivity index (χ4n) is 3.03. The van der Waals surface area contributed by atoms with Gasteiger partial charge in [-0.25, -0.2) is 18.6 Å². The second kappa shape index (κ2) is 12.3. The number of amides is 1. The van der Waals surface area contributed by atoms with Crippen LogP contribution in [0.5, 0.6) is 5.75 Å². The third-order valence-corrected chi connectivity index (χ3v) is 6.58. The number of ether oxygens (including phenoxy) is 2. The minimum absolute atomic E-state index is 0.0624. The number of hydrazone groups is 1. The fraction of sp³-hybridized carbons (Fsp3) is 0.125. The maximum atomic E-state index is 13.3. The van der Waals surface area contributed by atoms with Crippen LogP contribution < -0.4 is 14.5 Å². The standard InChI is InChI=1S/C24H22N4O8S/c1-35-24(30)17-36-21-10-5-7-18(13-21)15-25-26-23(29)16-27(19-8-6-9-20(14-19)28(31)32)37(33,34)22-11-3-2-4-12-22/h2-15H,16-17H2,1H3,(H,26,29)/b25-15-. The second-order valence-corrected chi connectivity index (χ2v) is 9.19. The lowest BCUT2D eigenvalue weighted by molar-refractivity contribution is -0.384. The normalized spacial score (nSPS) is 11.1. The maximum absolute atomic E-state index is 13.3. The number of nitrogens with one attached hydrogen (secondary N) is 1. The van der Waals surface area contributed by atoms with Crippen LogP contribution in [-0.2, 0) is 24.3 Å². The molecule has 1 amide bonds. The number of benzene rings is 3. The van der Waals surface area contributed by atoms with Crippen LogP contribution in [0.2, 0.25) is 0 Å². The topological polar surface area (TPSA) is 158 Å². The molecule has 3 aromatic carbocycles. The first-order valence-electron chi connectivity index (χ1n) is 10.6. The van der Waals surface area contributed by atoms with Crippen molar-refractivity contribution in [1.82, 2.24) is 5.43 Å². The highest BCUT2D eigenvalue weighted by molar-refractivity contribution is 7.92. The van der Waals surface area contributed by atoms with E-state index in [1.807, 2.05) is 0 Å². The van der Waals surface area contributed by atoms with E-state index in [0.717, 1.165) is 10.4 Å². The van der Waals surface area contributed by atoms with E-state index in [-0.39, 0.29) is 22.9 Å². The van der Waals surface area contributed by atoms with E-state index in [4.69, 9.17) is 4.74 Å². The summed E-state index contributed by atoms with van der Waals surface area (Å²) in [5.74, 6) is -0.975. The smallest absolute Gasteiger partial charge is 0.343 e. The molecule has 0 aliphatic rings. The van der Waals surface area contributed by atoms with E-state index in [1.54, 1.807) is 30.3 Å². The molecular weight excluding hydrogens is 504 g/mol. The summed E-state index contributed by atoms with van der Waals surface area (Å²) < 4.78 is 37.2. The summed E-state index contributed by atoms with van der Waals surface area (Å²) in [5, 5.41) is 15.1. The zero-order valence-electron chi connectivity index (χ0n) is 19.5. The molecule has 0 saturated carbocycles. The minimum atomic E-state index is -4.25. The molecule has 0 aliphatic carbocycles. The van der Waals surface area contributed by atoms with Gasteiger partial charge in [-0.1, -0.05) is 36.4 Å². The number of methoxy groups -OCH3 is 1. The molecular formula is C24H22N4O8S. The molecule has 13 heteroatoms. The van der Waals surface area contributed by atoms with Gasteiger partial charge in [0.2, 0.25) is 0 Å². The van der Waals surface area contributed by atoms with Gasteiger partial charge in [0.25, 0.3) is 21.6 Å². The molecule has 12 nitrogen and oxygen atoms in total. The Morgan fingerprint density at radius 1 is 1.05 bits per heavy atom. The zero-order chi connectivity index (χ0) is 26.8. The largest absolute Gasteiger partial charge is 0.482 e. The quantitative estimate of drug-likeness (QED) is 0.173. The van der Waals surface area contributed by atoms with Crippen LogP contribution in [-0.4, -0.2) is 51.7 Å². The molecule has 192 valence electrons. The monoisotopic (exact) mass is 526 g/mol. The van der Waals surface area contributed by atoms with Gasteiger partial charge in [0, 0.05) is 12.1 Å². The van der Waals surface area contributed by atoms with E-state index in [0.29, 0.717) is 11.3 Å². The average molecular weight is 527 g/mol. The van der Waals surface area contributed by atoms with E-state index < -0.39 is 33.4 Å². The highest BCUT2D eigenvalue weighted by atomic mass is 32.2. The van der Waals surface area contributed by atoms with Crippen LogP contribution in [0.15, 0.2) is 88.9 Å². The van der Waals surface area contributed by atoms with Crippen molar-refractivity contribution in [3.8, 4) is 5.75 Å². The number of esters is 1. The Bertz CT molecular complexity index is 1410. The lowest BCUT2D eigenvalue weighted by Crippen LogP contribution is -2.39. The van der Waals surface area contributed by atoms with Crippen LogP contribution in [0.25, 0.3) is 0 Å². The lowest BCUT2D eigenvalue weighted by atomic mass is 10.2. The molecule has 0 unspecified atom stereocenters. The molecule has 0 radical (unpaired) electrons. The Hall–Kier alpha value is -4.78. The first kappa shape index (κ1) is 26.8. The molecule has 3 aromatic rings. The lowest BCUT2D eigenvalue weighted by Gasteiger charge is -2.23. The summed E-state index contributed by atoms with van der Waals surface area (Å²) in [4.78, 5) is 34.3. The molecule has 0 saturated heterocycles. The molecule has 0 aromatic heterocycles. The summed E-state index contributed by atoms with van der Waals surface area (Å²) in [6.07, 6.45) is 1.30. The number of hydrogen-bond acceptors (Lipinski definition) is 9. The summed E-state index contributed by atoms with van der Waals surface area (Å²) in [5.41, 5.74) is 2.37. The summed E-state index contributed by atoms with van der Waals surface area (Å²) in [6, 6.07) is 18.8. The molecule has 0 spiro atoms. The Balaban J connectivity index is 1.78. The minimum Gasteiger partial charge on any atom is -0.482 e. The van der Waals surface area contributed by atoms with Crippen molar-refractivity contribution in [2.24, 2.45) is 5.10 Å². The van der Waals surface area contributed by atoms with Crippen molar-refractivity contribution in [3.05, 3.63) is 94.5 Å². The van der Waals surface area contributed by atoms with Gasteiger partial charge in [0.05, 0.1) is 28.8 Å². The Morgan fingerprint density at radius 2 is 1.78 bits per heavy atom. The van der Waals surface area contributed by atoms with E-state index in [1.165, 1.54) is 55.8 Å². The number of nitro benzene ring substituents is 1. The van der Waals surface area contributed by atoms with Crippen molar-refractivity contribution in [3.63, 3.8) is 0 Å². The number of nitro groups is 1. The number of hydrogen-bond donors (Lipinski definition) is 1. The van der Waals surface area contributed by atoms with Crippen LogP contribution >= 0.6 is 0 Å². The molecule has 3 rings (SSSR count). The zero-order valence-corrected chi connectivity index (χ0v) is 20.3. The highest BCUT2D eigenvalue weighted by Crippen LogP contribution is 2.26. The maximum Gasteiger partial charge on any atom is 0.343 e. The van der Waals surface area contributed by atoms with Gasteiger partial charge < -0.3 is 9.47 Å². The van der Waals surface area contributed by atoms with Crippen molar-refractivity contribution in [1.29, 1.82) is 0 Å². The third-order valence-electron chi connectivity index (χ3n) is 4.79. The average Bonchev–Trinajstić information content (AvgIpc) is 2.91. The Labute approximate surface area is 212 Å². The second-order valence-electron chi connectivity index (χ2n) is 7.33. The molecule has 0 atom stereocenters. The number of carbonyl (C=O) groups is 2. The van der Waals surface area contributed by atoms with E-state index >= 15 is 0 Å². The van der Waals surface area contributed by atoms with Crippen LogP contribution in [0.3, 0.4) is 0 Å². The van der Waals surface area contributed by atoms with Gasteiger partial charge in [-0.05, 0) is 35.9 Å². The van der Waals surface area contributed by atoms with Crippen molar-refractivity contribution >= 4 is 39.5 Å². The third kappa shape index (κ3) is 7.35. The first-order valence-corrected chi connectivity index (χ1v) is 12.1. The number of rotatable bonds is 11. The number of anilines is 1. The van der Waals surface area contributed by atoms with Crippen molar-refractivity contribution in [2.45, 2.75) is 4.90 Å². The summed E-state index contributed by atoms with van der Waals surface area (Å²) in [7, 11) is -3.01.